The van der Waals surface area contributed by atoms with E-state index in [2.05, 4.69) is 11.0 Å². The van der Waals surface area contributed by atoms with E-state index < -0.39 is 10.0 Å². The van der Waals surface area contributed by atoms with E-state index >= 15 is 0 Å². The summed E-state index contributed by atoms with van der Waals surface area (Å²) in [4.78, 5) is 7.07. The largest absolute Gasteiger partial charge is 0.493 e. The summed E-state index contributed by atoms with van der Waals surface area (Å²) in [5.41, 5.74) is 1.81. The van der Waals surface area contributed by atoms with Crippen LogP contribution >= 0.6 is 0 Å². The fraction of sp³-hybridized carbons (Fsp3) is 0.222. The molecule has 0 aromatic heterocycles. The van der Waals surface area contributed by atoms with Gasteiger partial charge in [-0.05, 0) is 65.3 Å². The molecule has 0 aliphatic heterocycles. The number of nitrogens with one attached hydrogen (secondary N) is 1. The molecular formula is C27H28N2O5S. The highest BCUT2D eigenvalue weighted by Gasteiger charge is 2.25. The van der Waals surface area contributed by atoms with Gasteiger partial charge in [-0.2, -0.15) is 5.26 Å². The lowest BCUT2D eigenvalue weighted by atomic mass is 9.85. The predicted octanol–water partition coefficient (Wildman–Crippen LogP) is 6.07. The van der Waals surface area contributed by atoms with E-state index in [9.17, 15) is 13.7 Å². The average Bonchev–Trinajstić information content (AvgIpc) is 2.83. The molecule has 35 heavy (non-hydrogen) atoms. The normalized spacial score (nSPS) is 11.8. The molecule has 0 atom stereocenters. The van der Waals surface area contributed by atoms with Gasteiger partial charge in [0.15, 0.2) is 11.5 Å². The number of rotatable bonds is 8. The third-order valence-corrected chi connectivity index (χ3v) is 6.44. The molecule has 0 heterocycles. The second kappa shape index (κ2) is 10.6. The predicted molar refractivity (Wildman–Crippen MR) is 135 cm³/mol. The first-order valence-electron chi connectivity index (χ1n) is 10.9. The fourth-order valence-electron chi connectivity index (χ4n) is 3.37. The number of benzene rings is 3. The van der Waals surface area contributed by atoms with Crippen LogP contribution in [0, 0.1) is 11.3 Å². The molecule has 0 spiro atoms. The minimum absolute atomic E-state index is 0.0185. The molecule has 8 heteroatoms. The minimum Gasteiger partial charge on any atom is -0.493 e. The van der Waals surface area contributed by atoms with Crippen molar-refractivity contribution >= 4 is 10.0 Å². The molecule has 0 unspecified atom stereocenters. The number of hydrogen-bond acceptors (Lipinski definition) is 6. The highest BCUT2D eigenvalue weighted by atomic mass is 32.2. The molecule has 0 bridgehead atoms. The van der Waals surface area contributed by atoms with E-state index in [-0.39, 0.29) is 10.3 Å². The third-order valence-electron chi connectivity index (χ3n) is 5.18. The Morgan fingerprint density at radius 1 is 0.943 bits per heavy atom. The van der Waals surface area contributed by atoms with Crippen LogP contribution in [0.1, 0.15) is 38.8 Å². The second-order valence-electron chi connectivity index (χ2n) is 8.71. The number of methoxy groups -OCH3 is 1. The van der Waals surface area contributed by atoms with E-state index in [1.165, 1.54) is 19.4 Å². The lowest BCUT2D eigenvalue weighted by Gasteiger charge is -2.22. The zero-order valence-corrected chi connectivity index (χ0v) is 21.1. The molecule has 0 aliphatic carbocycles. The topological polar surface area (TPSA) is 97.7 Å². The van der Waals surface area contributed by atoms with Gasteiger partial charge in [0.25, 0.3) is 10.0 Å². The lowest BCUT2D eigenvalue weighted by Crippen LogP contribution is -2.23. The molecule has 7 nitrogen and oxygen atoms in total. The van der Waals surface area contributed by atoms with Crippen LogP contribution < -0.4 is 14.4 Å². The van der Waals surface area contributed by atoms with Crippen molar-refractivity contribution in [3.63, 3.8) is 0 Å². The molecule has 0 amide bonds. The van der Waals surface area contributed by atoms with Gasteiger partial charge in [-0.25, -0.2) is 8.42 Å². The molecule has 3 aromatic rings. The van der Waals surface area contributed by atoms with Crippen LogP contribution in [-0.4, -0.2) is 15.5 Å². The zero-order chi connectivity index (χ0) is 25.6. The van der Waals surface area contributed by atoms with Crippen molar-refractivity contribution in [1.82, 2.24) is 4.89 Å². The van der Waals surface area contributed by atoms with E-state index in [1.807, 2.05) is 26.8 Å². The van der Waals surface area contributed by atoms with E-state index in [1.54, 1.807) is 61.5 Å². The summed E-state index contributed by atoms with van der Waals surface area (Å²) in [6.45, 7) is 7.80. The van der Waals surface area contributed by atoms with Crippen LogP contribution in [0.15, 0.2) is 77.9 Å². The van der Waals surface area contributed by atoms with Crippen LogP contribution in [-0.2, 0) is 20.3 Å². The maximum absolute atomic E-state index is 13.2. The fourth-order valence-corrected chi connectivity index (χ4v) is 4.34. The quantitative estimate of drug-likeness (QED) is 0.303. The standard InChI is InChI=1S/C27H28N2O5S/c1-6-15-33-29-35(30,31)26-14-12-20(27(2,3)4)17-22(26)21-16-19(18-28)11-13-23(21)34-25-10-8-7-9-24(25)32-5/h6-17,29H,1-5H3. The Labute approximate surface area is 206 Å². The Morgan fingerprint density at radius 3 is 2.29 bits per heavy atom. The molecule has 1 N–H and O–H groups in total. The average molecular weight is 493 g/mol. The van der Waals surface area contributed by atoms with Gasteiger partial charge in [-0.15, -0.1) is 0 Å². The Morgan fingerprint density at radius 2 is 1.66 bits per heavy atom. The molecule has 3 aromatic carbocycles. The molecule has 0 aliphatic rings. The summed E-state index contributed by atoms with van der Waals surface area (Å²) in [6, 6.07) is 19.2. The van der Waals surface area contributed by atoms with Crippen molar-refractivity contribution in [1.29, 1.82) is 5.26 Å². The van der Waals surface area contributed by atoms with E-state index in [0.717, 1.165) is 5.56 Å². The lowest BCUT2D eigenvalue weighted by molar-refractivity contribution is 0.201. The summed E-state index contributed by atoms with van der Waals surface area (Å²) in [5, 5.41) is 9.56. The van der Waals surface area contributed by atoms with Gasteiger partial charge in [0.2, 0.25) is 0 Å². The first kappa shape index (κ1) is 25.8. The van der Waals surface area contributed by atoms with Gasteiger partial charge < -0.3 is 14.3 Å². The van der Waals surface area contributed by atoms with Crippen molar-refractivity contribution in [2.45, 2.75) is 38.0 Å². The molecule has 182 valence electrons. The first-order chi connectivity index (χ1) is 16.6. The molecule has 3 rings (SSSR count). The summed E-state index contributed by atoms with van der Waals surface area (Å²) in [5.74, 6) is 1.33. The smallest absolute Gasteiger partial charge is 0.272 e. The van der Waals surface area contributed by atoms with Crippen molar-refractivity contribution in [3.8, 4) is 34.4 Å². The van der Waals surface area contributed by atoms with Gasteiger partial charge in [0, 0.05) is 11.1 Å². The van der Waals surface area contributed by atoms with Gasteiger partial charge in [0.05, 0.1) is 23.6 Å². The van der Waals surface area contributed by atoms with Gasteiger partial charge >= 0.3 is 0 Å². The van der Waals surface area contributed by atoms with Crippen molar-refractivity contribution < 1.29 is 22.7 Å². The minimum atomic E-state index is -4.08. The van der Waals surface area contributed by atoms with Crippen LogP contribution in [0.3, 0.4) is 0 Å². The summed E-state index contributed by atoms with van der Waals surface area (Å²) in [6.07, 6.45) is 2.79. The number of sulfonamides is 1. The van der Waals surface area contributed by atoms with Gasteiger partial charge in [0.1, 0.15) is 12.0 Å². The number of nitriles is 1. The van der Waals surface area contributed by atoms with Crippen LogP contribution in [0.25, 0.3) is 11.1 Å². The van der Waals surface area contributed by atoms with Crippen LogP contribution in [0.5, 0.6) is 17.2 Å². The first-order valence-corrected chi connectivity index (χ1v) is 12.4. The highest BCUT2D eigenvalue weighted by Crippen LogP contribution is 2.41. The number of hydrogen-bond donors (Lipinski definition) is 1. The van der Waals surface area contributed by atoms with Crippen molar-refractivity contribution in [3.05, 3.63) is 84.1 Å². The van der Waals surface area contributed by atoms with Gasteiger partial charge in [-0.1, -0.05) is 45.0 Å². The van der Waals surface area contributed by atoms with E-state index in [0.29, 0.717) is 33.9 Å². The zero-order valence-electron chi connectivity index (χ0n) is 20.3. The van der Waals surface area contributed by atoms with Crippen LogP contribution in [0.2, 0.25) is 0 Å². The number of allylic oxidation sites excluding steroid dienone is 1. The summed E-state index contributed by atoms with van der Waals surface area (Å²) < 4.78 is 38.0. The number of para-hydroxylation sites is 2. The van der Waals surface area contributed by atoms with Gasteiger partial charge in [-0.3, -0.25) is 0 Å². The molecule has 0 saturated carbocycles. The number of ether oxygens (including phenoxy) is 2. The third kappa shape index (κ3) is 6.01. The Hall–Kier alpha value is -3.80. The Kier molecular flexibility index (Phi) is 7.85. The molecule has 0 fully saturated rings. The molecular weight excluding hydrogens is 464 g/mol. The maximum Gasteiger partial charge on any atom is 0.272 e. The molecule has 0 saturated heterocycles. The second-order valence-corrected chi connectivity index (χ2v) is 10.3. The SMILES string of the molecule is CC=CONS(=O)(=O)c1ccc(C(C)(C)C)cc1-c1cc(C#N)ccc1Oc1ccccc1OC. The molecule has 0 radical (unpaired) electrons. The number of nitrogens with zero attached hydrogens (tertiary/aromatic N) is 1. The van der Waals surface area contributed by atoms with Crippen molar-refractivity contribution in [2.24, 2.45) is 0 Å². The summed E-state index contributed by atoms with van der Waals surface area (Å²) >= 11 is 0. The summed E-state index contributed by atoms with van der Waals surface area (Å²) in [7, 11) is -2.54. The Balaban J connectivity index is 2.28. The highest BCUT2D eigenvalue weighted by molar-refractivity contribution is 7.89. The monoisotopic (exact) mass is 492 g/mol. The van der Waals surface area contributed by atoms with E-state index in [4.69, 9.17) is 14.3 Å². The van der Waals surface area contributed by atoms with Crippen LogP contribution in [0.4, 0.5) is 0 Å². The Bertz CT molecular complexity index is 1380. The van der Waals surface area contributed by atoms with Crippen molar-refractivity contribution in [2.75, 3.05) is 7.11 Å². The maximum atomic E-state index is 13.2.